The summed E-state index contributed by atoms with van der Waals surface area (Å²) in [6.45, 7) is 32.4. The lowest BCUT2D eigenvalue weighted by molar-refractivity contribution is -0.280. The van der Waals surface area contributed by atoms with Gasteiger partial charge in [-0.05, 0) is 121 Å². The fourth-order valence-electron chi connectivity index (χ4n) is 10.2. The number of carbonyl (C=O) groups is 2. The summed E-state index contributed by atoms with van der Waals surface area (Å²) in [7, 11) is 7.37. The lowest BCUT2D eigenvalue weighted by atomic mass is 9.67. The summed E-state index contributed by atoms with van der Waals surface area (Å²) in [6, 6.07) is 0.171. The first-order valence-electron chi connectivity index (χ1n) is 20.2. The van der Waals surface area contributed by atoms with Crippen LogP contribution in [0.15, 0.2) is 0 Å². The van der Waals surface area contributed by atoms with Crippen LogP contribution in [0.4, 0.5) is 17.8 Å². The Morgan fingerprint density at radius 2 is 1.29 bits per heavy atom. The molecule has 13 nitrogen and oxygen atoms in total. The summed E-state index contributed by atoms with van der Waals surface area (Å²) in [6.07, 6.45) is 4.72. The maximum absolute atomic E-state index is 13.3. The first kappa shape index (κ1) is 45.3. The predicted octanol–water partition coefficient (Wildman–Crippen LogP) is 6.70. The van der Waals surface area contributed by atoms with Crippen LogP contribution in [0.2, 0.25) is 0 Å². The topological polar surface area (TPSA) is 125 Å². The maximum Gasteiger partial charge on any atom is 0.231 e. The number of carbonyl (C=O) groups excluding carboxylic acids is 2. The molecular weight excluding hydrogens is 697 g/mol. The molecule has 0 amide bonds. The molecular formula is C42H76N8O5. The van der Waals surface area contributed by atoms with E-state index in [0.29, 0.717) is 30.8 Å². The summed E-state index contributed by atoms with van der Waals surface area (Å²) >= 11 is 0. The van der Waals surface area contributed by atoms with Crippen LogP contribution in [0, 0.1) is 5.41 Å². The Labute approximate surface area is 333 Å². The molecule has 4 rings (SSSR count). The van der Waals surface area contributed by atoms with Crippen molar-refractivity contribution in [2.75, 3.05) is 56.6 Å². The monoisotopic (exact) mass is 773 g/mol. The molecule has 0 bridgehead atoms. The van der Waals surface area contributed by atoms with E-state index in [4.69, 9.17) is 29.3 Å². The third kappa shape index (κ3) is 9.82. The van der Waals surface area contributed by atoms with Gasteiger partial charge in [-0.2, -0.15) is 20.0 Å². The first-order chi connectivity index (χ1) is 24.8. The molecule has 3 atom stereocenters. The van der Waals surface area contributed by atoms with Gasteiger partial charge >= 0.3 is 0 Å². The molecule has 0 aliphatic carbocycles. The number of Topliss-reactive ketones (excluding diaryl/α,β-unsaturated/α-hetero) is 2. The third-order valence-corrected chi connectivity index (χ3v) is 12.7. The second kappa shape index (κ2) is 15.1. The number of methoxy groups -OCH3 is 2. The highest BCUT2D eigenvalue weighted by Gasteiger charge is 2.57. The van der Waals surface area contributed by atoms with Crippen molar-refractivity contribution in [2.24, 2.45) is 5.41 Å². The van der Waals surface area contributed by atoms with Gasteiger partial charge in [0.25, 0.3) is 0 Å². The number of ether oxygens (including phenoxy) is 2. The number of piperidine rings is 3. The standard InChI is InChI=1S/C42H76N8O5/c1-35(2,3)26-36(4,5)46-32-43-33(47(16)28-21-38(8,9)50(39(10,11)22-28)55-25-31(52)40(12,13)53-18)45-34(44-32)48(17)29-20-37(6,7)49-24-30(51)42(15,54-19)27-41(49,14)23-29/h28-29H,20-27H2,1-19H3,(H,43,44,45,46)/t29?,41?,42-/m1/s1. The molecule has 1 aromatic heterocycles. The molecule has 13 heteroatoms. The lowest BCUT2D eigenvalue weighted by Gasteiger charge is -2.61. The molecule has 1 N–H and O–H groups in total. The summed E-state index contributed by atoms with van der Waals surface area (Å²) in [4.78, 5) is 54.9. The number of hydrogen-bond donors (Lipinski definition) is 1. The van der Waals surface area contributed by atoms with Gasteiger partial charge in [0.15, 0.2) is 11.6 Å². The van der Waals surface area contributed by atoms with Crippen molar-refractivity contribution >= 4 is 29.4 Å². The average Bonchev–Trinajstić information content (AvgIpc) is 3.01. The minimum absolute atomic E-state index is 0.0630. The van der Waals surface area contributed by atoms with E-state index >= 15 is 0 Å². The molecule has 1 aromatic rings. The molecule has 4 heterocycles. The van der Waals surface area contributed by atoms with E-state index in [1.807, 2.05) is 12.0 Å². The highest BCUT2D eigenvalue weighted by molar-refractivity contribution is 5.90. The number of hydrogen-bond acceptors (Lipinski definition) is 13. The van der Waals surface area contributed by atoms with Crippen LogP contribution < -0.4 is 15.1 Å². The number of hydroxylamine groups is 2. The van der Waals surface area contributed by atoms with Crippen molar-refractivity contribution in [1.82, 2.24) is 24.9 Å². The normalized spacial score (nSPS) is 27.8. The molecule has 2 unspecified atom stereocenters. The predicted molar refractivity (Wildman–Crippen MR) is 221 cm³/mol. The van der Waals surface area contributed by atoms with Crippen LogP contribution in [-0.2, 0) is 23.9 Å². The molecule has 0 spiro atoms. The molecule has 0 aromatic carbocycles. The SMILES string of the molecule is COC(C)(C)C(=O)CON1C(C)(C)CC(N(C)c2nc(NC(C)(C)CC(C)(C)C)nc(N(C)C3CC(C)(C)N4CC(=O)[C@](C)(OC)CC4(C)C3)n2)CC1(C)C. The second-order valence-corrected chi connectivity index (χ2v) is 21.6. The van der Waals surface area contributed by atoms with Crippen molar-refractivity contribution in [3.63, 3.8) is 0 Å². The third-order valence-electron chi connectivity index (χ3n) is 12.7. The number of ketones is 2. The van der Waals surface area contributed by atoms with Gasteiger partial charge in [0.2, 0.25) is 17.8 Å². The summed E-state index contributed by atoms with van der Waals surface area (Å²) < 4.78 is 11.3. The van der Waals surface area contributed by atoms with Crippen molar-refractivity contribution in [1.29, 1.82) is 0 Å². The Morgan fingerprint density at radius 1 is 0.800 bits per heavy atom. The first-order valence-corrected chi connectivity index (χ1v) is 20.2. The van der Waals surface area contributed by atoms with E-state index < -0.39 is 22.3 Å². The smallest absolute Gasteiger partial charge is 0.231 e. The number of rotatable bonds is 13. The molecule has 0 saturated carbocycles. The molecule has 3 fully saturated rings. The van der Waals surface area contributed by atoms with Crippen molar-refractivity contribution in [2.45, 2.75) is 193 Å². The van der Waals surface area contributed by atoms with Crippen LogP contribution in [0.3, 0.4) is 0 Å². The Bertz CT molecular complexity index is 1550. The number of nitrogens with one attached hydrogen (secondary N) is 1. The maximum atomic E-state index is 13.3. The summed E-state index contributed by atoms with van der Waals surface area (Å²) in [5, 5.41) is 5.70. The number of anilines is 3. The second-order valence-electron chi connectivity index (χ2n) is 21.6. The zero-order valence-corrected chi connectivity index (χ0v) is 38.0. The number of fused-ring (bicyclic) bond motifs is 1. The van der Waals surface area contributed by atoms with Gasteiger partial charge in [0.05, 0.1) is 6.54 Å². The Balaban J connectivity index is 1.70. The van der Waals surface area contributed by atoms with Crippen molar-refractivity contribution in [3.05, 3.63) is 0 Å². The van der Waals surface area contributed by atoms with E-state index in [2.05, 4.69) is 117 Å². The van der Waals surface area contributed by atoms with Gasteiger partial charge in [0, 0.05) is 74.5 Å². The quantitative estimate of drug-likeness (QED) is 0.229. The summed E-state index contributed by atoms with van der Waals surface area (Å²) in [5.41, 5.74) is -3.26. The lowest BCUT2D eigenvalue weighted by Crippen LogP contribution is -2.72. The van der Waals surface area contributed by atoms with E-state index in [0.717, 1.165) is 32.1 Å². The molecule has 3 aliphatic heterocycles. The van der Waals surface area contributed by atoms with Gasteiger partial charge in [-0.3, -0.25) is 19.3 Å². The van der Waals surface area contributed by atoms with Gasteiger partial charge < -0.3 is 24.6 Å². The van der Waals surface area contributed by atoms with E-state index in [1.54, 1.807) is 28.1 Å². The molecule has 3 aliphatic rings. The minimum atomic E-state index is -0.923. The Kier molecular flexibility index (Phi) is 12.4. The van der Waals surface area contributed by atoms with E-state index in [-0.39, 0.29) is 52.3 Å². The van der Waals surface area contributed by atoms with Crippen LogP contribution >= 0.6 is 0 Å². The zero-order valence-electron chi connectivity index (χ0n) is 38.0. The zero-order chi connectivity index (χ0) is 42.0. The van der Waals surface area contributed by atoms with E-state index in [9.17, 15) is 9.59 Å². The number of nitrogens with zero attached hydrogens (tertiary/aromatic N) is 7. The fraction of sp³-hybridized carbons (Fsp3) is 0.881. The highest BCUT2D eigenvalue weighted by Crippen LogP contribution is 2.48. The molecule has 3 saturated heterocycles. The van der Waals surface area contributed by atoms with Crippen LogP contribution in [0.1, 0.15) is 142 Å². The largest absolute Gasteiger partial charge is 0.371 e. The summed E-state index contributed by atoms with van der Waals surface area (Å²) in [5.74, 6) is 1.79. The molecule has 55 heavy (non-hydrogen) atoms. The fourth-order valence-corrected chi connectivity index (χ4v) is 10.2. The Hall–Kier alpha value is -2.45. The van der Waals surface area contributed by atoms with Crippen molar-refractivity contribution < 1.29 is 23.9 Å². The van der Waals surface area contributed by atoms with Gasteiger partial charge in [-0.25, -0.2) is 0 Å². The average molecular weight is 773 g/mol. The van der Waals surface area contributed by atoms with Crippen LogP contribution in [-0.4, -0.2) is 129 Å². The van der Waals surface area contributed by atoms with Crippen LogP contribution in [0.5, 0.6) is 0 Å². The van der Waals surface area contributed by atoms with Gasteiger partial charge in [-0.15, -0.1) is 0 Å². The molecule has 0 radical (unpaired) electrons. The van der Waals surface area contributed by atoms with E-state index in [1.165, 1.54) is 0 Å². The number of aromatic nitrogens is 3. The van der Waals surface area contributed by atoms with Gasteiger partial charge in [-0.1, -0.05) is 20.8 Å². The minimum Gasteiger partial charge on any atom is -0.371 e. The van der Waals surface area contributed by atoms with Gasteiger partial charge in [0.1, 0.15) is 17.8 Å². The highest BCUT2D eigenvalue weighted by atomic mass is 16.7. The van der Waals surface area contributed by atoms with Crippen molar-refractivity contribution in [3.8, 4) is 0 Å². The Morgan fingerprint density at radius 3 is 1.76 bits per heavy atom. The molecule has 314 valence electrons. The van der Waals surface area contributed by atoms with Crippen LogP contribution in [0.25, 0.3) is 0 Å².